The van der Waals surface area contributed by atoms with E-state index in [4.69, 9.17) is 15.2 Å². The average molecular weight is 455 g/mol. The number of benzene rings is 1. The molecular formula is C22H26N6O3S. The first-order valence-corrected chi connectivity index (χ1v) is 10.7. The minimum atomic E-state index is -0.287. The van der Waals surface area contributed by atoms with Gasteiger partial charge in [0.25, 0.3) is 5.91 Å². The molecule has 0 bridgehead atoms. The molecule has 3 rings (SSSR count). The number of hydrogen-bond donors (Lipinski definition) is 3. The molecule has 0 aliphatic carbocycles. The molecule has 1 amide bonds. The molecule has 0 saturated carbocycles. The van der Waals surface area contributed by atoms with Gasteiger partial charge in [-0.2, -0.15) is 0 Å². The van der Waals surface area contributed by atoms with Gasteiger partial charge in [0.15, 0.2) is 10.8 Å². The number of thiazole rings is 1. The van der Waals surface area contributed by atoms with Crippen LogP contribution in [0.2, 0.25) is 0 Å². The fourth-order valence-electron chi connectivity index (χ4n) is 2.75. The highest BCUT2D eigenvalue weighted by Crippen LogP contribution is 2.29. The van der Waals surface area contributed by atoms with Crippen molar-refractivity contribution in [2.24, 2.45) is 10.7 Å². The van der Waals surface area contributed by atoms with Gasteiger partial charge in [0, 0.05) is 26.4 Å². The molecule has 0 fully saturated rings. The third-order valence-electron chi connectivity index (χ3n) is 4.40. The monoisotopic (exact) mass is 454 g/mol. The fraction of sp³-hybridized carbons (Fsp3) is 0.273. The number of nitrogens with two attached hydrogens (primary N) is 1. The van der Waals surface area contributed by atoms with Gasteiger partial charge in [-0.15, -0.1) is 0 Å². The highest BCUT2D eigenvalue weighted by Gasteiger charge is 2.18. The van der Waals surface area contributed by atoms with Crippen LogP contribution in [0.1, 0.15) is 26.8 Å². The summed E-state index contributed by atoms with van der Waals surface area (Å²) in [7, 11) is 3.32. The Hall–Kier alpha value is -3.50. The van der Waals surface area contributed by atoms with Gasteiger partial charge in [-0.3, -0.25) is 9.78 Å². The highest BCUT2D eigenvalue weighted by molar-refractivity contribution is 7.18. The number of amides is 1. The molecule has 10 heteroatoms. The van der Waals surface area contributed by atoms with E-state index in [1.54, 1.807) is 26.4 Å². The minimum absolute atomic E-state index is 0.206. The summed E-state index contributed by atoms with van der Waals surface area (Å²) in [6.07, 6.45) is 1.68. The molecule has 168 valence electrons. The number of aromatic nitrogens is 2. The number of carbonyl (C=O) groups excluding carboxylic acids is 1. The maximum atomic E-state index is 12.3. The van der Waals surface area contributed by atoms with Crippen LogP contribution in [0, 0.1) is 13.8 Å². The Kier molecular flexibility index (Phi) is 7.74. The molecule has 0 aliphatic rings. The Bertz CT molecular complexity index is 1110. The Morgan fingerprint density at radius 1 is 1.25 bits per heavy atom. The summed E-state index contributed by atoms with van der Waals surface area (Å²) in [4.78, 5) is 25.4. The topological polar surface area (TPSA) is 124 Å². The number of rotatable bonds is 9. The minimum Gasteiger partial charge on any atom is -0.455 e. The number of amidine groups is 1. The number of carbonyl (C=O) groups is 1. The van der Waals surface area contributed by atoms with Crippen LogP contribution in [0.3, 0.4) is 0 Å². The van der Waals surface area contributed by atoms with Gasteiger partial charge < -0.3 is 25.8 Å². The second kappa shape index (κ2) is 10.7. The van der Waals surface area contributed by atoms with E-state index in [9.17, 15) is 4.79 Å². The Morgan fingerprint density at radius 2 is 2.06 bits per heavy atom. The number of nitrogens with one attached hydrogen (secondary N) is 2. The van der Waals surface area contributed by atoms with Crippen molar-refractivity contribution in [2.75, 3.05) is 32.6 Å². The van der Waals surface area contributed by atoms with Crippen molar-refractivity contribution in [2.45, 2.75) is 13.8 Å². The van der Waals surface area contributed by atoms with Gasteiger partial charge in [0.1, 0.15) is 22.2 Å². The lowest BCUT2D eigenvalue weighted by Gasteiger charge is -2.09. The van der Waals surface area contributed by atoms with Crippen molar-refractivity contribution in [3.05, 3.63) is 58.5 Å². The predicted octanol–water partition coefficient (Wildman–Crippen LogP) is 3.40. The van der Waals surface area contributed by atoms with Crippen LogP contribution >= 0.6 is 11.3 Å². The summed E-state index contributed by atoms with van der Waals surface area (Å²) in [5, 5.41) is 6.72. The van der Waals surface area contributed by atoms with Gasteiger partial charge in [0.05, 0.1) is 18.5 Å². The fourth-order valence-corrected chi connectivity index (χ4v) is 3.60. The summed E-state index contributed by atoms with van der Waals surface area (Å²) in [5.41, 5.74) is 9.12. The molecule has 0 unspecified atom stereocenters. The molecule has 3 aromatic rings. The van der Waals surface area contributed by atoms with Gasteiger partial charge in [-0.05, 0) is 49.7 Å². The molecule has 0 aliphatic heterocycles. The SMILES string of the molecule is CNc1sc(C(=O)NCCOC)nc1C(N)=Nc1ccc(Oc2ccc(C)nc2)c(C)c1. The number of hydrogen-bond acceptors (Lipinski definition) is 8. The molecule has 0 atom stereocenters. The number of anilines is 1. The molecule has 0 spiro atoms. The van der Waals surface area contributed by atoms with Crippen molar-refractivity contribution in [3.8, 4) is 11.5 Å². The standard InChI is InChI=1S/C22H26N6O3S/c1-13-11-15(6-8-17(13)31-16-7-5-14(2)26-12-16)27-19(23)18-21(24-3)32-22(28-18)20(29)25-9-10-30-4/h5-8,11-12,24H,9-10H2,1-4H3,(H2,23,27)(H,25,29). The smallest absolute Gasteiger partial charge is 0.280 e. The molecule has 2 heterocycles. The van der Waals surface area contributed by atoms with E-state index in [0.717, 1.165) is 11.3 Å². The first-order valence-electron chi connectivity index (χ1n) is 9.92. The van der Waals surface area contributed by atoms with Crippen molar-refractivity contribution in [1.82, 2.24) is 15.3 Å². The van der Waals surface area contributed by atoms with E-state index >= 15 is 0 Å². The number of methoxy groups -OCH3 is 1. The van der Waals surface area contributed by atoms with Gasteiger partial charge in [0.2, 0.25) is 0 Å². The summed E-state index contributed by atoms with van der Waals surface area (Å²) < 4.78 is 10.8. The van der Waals surface area contributed by atoms with Crippen LogP contribution in [0.5, 0.6) is 11.5 Å². The number of aryl methyl sites for hydroxylation is 2. The first kappa shape index (κ1) is 23.2. The highest BCUT2D eigenvalue weighted by atomic mass is 32.1. The number of nitrogens with zero attached hydrogens (tertiary/aromatic N) is 3. The zero-order valence-electron chi connectivity index (χ0n) is 18.4. The van der Waals surface area contributed by atoms with Crippen molar-refractivity contribution in [1.29, 1.82) is 0 Å². The van der Waals surface area contributed by atoms with Crippen molar-refractivity contribution >= 4 is 33.8 Å². The molecule has 0 radical (unpaired) electrons. The summed E-state index contributed by atoms with van der Waals surface area (Å²) >= 11 is 1.21. The van der Waals surface area contributed by atoms with Crippen molar-refractivity contribution in [3.63, 3.8) is 0 Å². The van der Waals surface area contributed by atoms with Crippen LogP contribution in [-0.2, 0) is 4.74 Å². The van der Waals surface area contributed by atoms with E-state index in [0.29, 0.717) is 46.0 Å². The Labute approximate surface area is 190 Å². The third kappa shape index (κ3) is 5.80. The molecule has 4 N–H and O–H groups in total. The molecule has 2 aromatic heterocycles. The average Bonchev–Trinajstić information content (AvgIpc) is 3.22. The maximum Gasteiger partial charge on any atom is 0.280 e. The van der Waals surface area contributed by atoms with Gasteiger partial charge >= 0.3 is 0 Å². The van der Waals surface area contributed by atoms with E-state index in [2.05, 4.69) is 25.6 Å². The largest absolute Gasteiger partial charge is 0.455 e. The Balaban J connectivity index is 1.78. The third-order valence-corrected chi connectivity index (χ3v) is 5.47. The second-order valence-corrected chi connectivity index (χ2v) is 7.88. The second-order valence-electron chi connectivity index (χ2n) is 6.88. The number of ether oxygens (including phenoxy) is 2. The zero-order chi connectivity index (χ0) is 23.1. The number of aliphatic imine (C=N–C) groups is 1. The normalized spacial score (nSPS) is 11.3. The predicted molar refractivity (Wildman–Crippen MR) is 126 cm³/mol. The lowest BCUT2D eigenvalue weighted by molar-refractivity contribution is 0.0936. The number of pyridine rings is 1. The summed E-state index contributed by atoms with van der Waals surface area (Å²) in [6, 6.07) is 9.27. The Morgan fingerprint density at radius 3 is 2.72 bits per heavy atom. The lowest BCUT2D eigenvalue weighted by Crippen LogP contribution is -2.27. The van der Waals surface area contributed by atoms with E-state index in [-0.39, 0.29) is 11.7 Å². The van der Waals surface area contributed by atoms with Crippen LogP contribution < -0.4 is 21.1 Å². The zero-order valence-corrected chi connectivity index (χ0v) is 19.2. The van der Waals surface area contributed by atoms with Crippen LogP contribution in [-0.4, -0.2) is 49.0 Å². The van der Waals surface area contributed by atoms with Crippen LogP contribution in [0.4, 0.5) is 10.7 Å². The summed E-state index contributed by atoms with van der Waals surface area (Å²) in [5.74, 6) is 1.28. The van der Waals surface area contributed by atoms with Gasteiger partial charge in [-0.1, -0.05) is 11.3 Å². The molecular weight excluding hydrogens is 428 g/mol. The van der Waals surface area contributed by atoms with E-state index in [1.165, 1.54) is 11.3 Å². The molecule has 0 saturated heterocycles. The molecule has 9 nitrogen and oxygen atoms in total. The summed E-state index contributed by atoms with van der Waals surface area (Å²) in [6.45, 7) is 4.67. The van der Waals surface area contributed by atoms with Crippen molar-refractivity contribution < 1.29 is 14.3 Å². The van der Waals surface area contributed by atoms with E-state index in [1.807, 2.05) is 38.1 Å². The van der Waals surface area contributed by atoms with Crippen LogP contribution in [0.15, 0.2) is 41.5 Å². The first-order chi connectivity index (χ1) is 15.4. The van der Waals surface area contributed by atoms with E-state index < -0.39 is 0 Å². The van der Waals surface area contributed by atoms with Crippen LogP contribution in [0.25, 0.3) is 0 Å². The molecule has 32 heavy (non-hydrogen) atoms. The quantitative estimate of drug-likeness (QED) is 0.257. The molecule has 1 aromatic carbocycles. The lowest BCUT2D eigenvalue weighted by atomic mass is 10.2. The van der Waals surface area contributed by atoms with Gasteiger partial charge in [-0.25, -0.2) is 9.98 Å². The maximum absolute atomic E-state index is 12.3.